The fraction of sp³-hybridized carbons (Fsp3) is 0.222. The van der Waals surface area contributed by atoms with E-state index in [9.17, 15) is 13.2 Å². The molecule has 3 aromatic rings. The van der Waals surface area contributed by atoms with E-state index >= 15 is 0 Å². The molecule has 0 fully saturated rings. The molecular weight excluding hydrogens is 340 g/mol. The maximum absolute atomic E-state index is 12.8. The van der Waals surface area contributed by atoms with E-state index in [-0.39, 0.29) is 17.5 Å². The fourth-order valence-electron chi connectivity index (χ4n) is 3.08. The van der Waals surface area contributed by atoms with Crippen LogP contribution in [-0.4, -0.2) is 36.6 Å². The summed E-state index contributed by atoms with van der Waals surface area (Å²) in [5.41, 5.74) is 2.73. The molecule has 0 bridgehead atoms. The van der Waals surface area contributed by atoms with Gasteiger partial charge in [0.15, 0.2) is 5.78 Å². The lowest BCUT2D eigenvalue weighted by atomic mass is 10.1. The quantitative estimate of drug-likeness (QED) is 0.670. The standard InChI is InChI=1S/C18H16N2O4S/c1-25(22,23)18-19-14-4-2-3-5-15(14)20(18)11-16(21)12-6-7-17-13(10-12)8-9-24-17/h2-7,10H,8-9,11H2,1H3. The first kappa shape index (κ1) is 15.8. The summed E-state index contributed by atoms with van der Waals surface area (Å²) in [5.74, 6) is 0.643. The number of hydrogen-bond acceptors (Lipinski definition) is 5. The summed E-state index contributed by atoms with van der Waals surface area (Å²) in [6, 6.07) is 12.4. The van der Waals surface area contributed by atoms with Gasteiger partial charge in [-0.15, -0.1) is 0 Å². The summed E-state index contributed by atoms with van der Waals surface area (Å²) < 4.78 is 31.1. The van der Waals surface area contributed by atoms with Gasteiger partial charge in [0.2, 0.25) is 15.0 Å². The highest BCUT2D eigenvalue weighted by atomic mass is 32.2. The Labute approximate surface area is 145 Å². The molecule has 2 heterocycles. The number of rotatable bonds is 4. The number of hydrogen-bond donors (Lipinski definition) is 0. The van der Waals surface area contributed by atoms with Gasteiger partial charge in [0.1, 0.15) is 5.75 Å². The van der Waals surface area contributed by atoms with Crippen LogP contribution in [0.5, 0.6) is 5.75 Å². The van der Waals surface area contributed by atoms with E-state index in [4.69, 9.17) is 4.74 Å². The Morgan fingerprint density at radius 3 is 2.84 bits per heavy atom. The molecule has 4 rings (SSSR count). The van der Waals surface area contributed by atoms with E-state index < -0.39 is 9.84 Å². The van der Waals surface area contributed by atoms with Crippen molar-refractivity contribution in [1.29, 1.82) is 0 Å². The number of nitrogens with zero attached hydrogens (tertiary/aromatic N) is 2. The second kappa shape index (κ2) is 5.70. The Morgan fingerprint density at radius 2 is 2.04 bits per heavy atom. The van der Waals surface area contributed by atoms with E-state index in [2.05, 4.69) is 4.98 Å². The van der Waals surface area contributed by atoms with E-state index in [0.29, 0.717) is 23.2 Å². The molecule has 0 atom stereocenters. The second-order valence-corrected chi connectivity index (χ2v) is 8.00. The van der Waals surface area contributed by atoms with E-state index in [0.717, 1.165) is 24.0 Å². The van der Waals surface area contributed by atoms with Crippen LogP contribution in [0, 0.1) is 0 Å². The summed E-state index contributed by atoms with van der Waals surface area (Å²) in [5, 5.41) is -0.0912. The number of ether oxygens (including phenoxy) is 1. The highest BCUT2D eigenvalue weighted by Gasteiger charge is 2.22. The van der Waals surface area contributed by atoms with Gasteiger partial charge in [-0.3, -0.25) is 4.79 Å². The van der Waals surface area contributed by atoms with E-state index in [1.165, 1.54) is 4.57 Å². The minimum absolute atomic E-state index is 0.0808. The molecule has 2 aromatic carbocycles. The normalized spacial score (nSPS) is 13.6. The van der Waals surface area contributed by atoms with Crippen LogP contribution in [0.4, 0.5) is 0 Å². The summed E-state index contributed by atoms with van der Waals surface area (Å²) >= 11 is 0. The first-order valence-electron chi connectivity index (χ1n) is 7.88. The molecular formula is C18H16N2O4S. The smallest absolute Gasteiger partial charge is 0.228 e. The maximum Gasteiger partial charge on any atom is 0.228 e. The Hall–Kier alpha value is -2.67. The highest BCUT2D eigenvalue weighted by molar-refractivity contribution is 7.90. The number of para-hydroxylation sites is 2. The lowest BCUT2D eigenvalue weighted by Crippen LogP contribution is -2.15. The molecule has 7 heteroatoms. The van der Waals surface area contributed by atoms with Gasteiger partial charge in [0, 0.05) is 18.2 Å². The average Bonchev–Trinajstić information content (AvgIpc) is 3.18. The van der Waals surface area contributed by atoms with Crippen molar-refractivity contribution in [3.63, 3.8) is 0 Å². The molecule has 0 aliphatic carbocycles. The topological polar surface area (TPSA) is 78.3 Å². The molecule has 0 spiro atoms. The van der Waals surface area contributed by atoms with E-state index in [1.54, 1.807) is 36.4 Å². The molecule has 0 radical (unpaired) electrons. The molecule has 6 nitrogen and oxygen atoms in total. The van der Waals surface area contributed by atoms with Crippen LogP contribution in [-0.2, 0) is 22.8 Å². The second-order valence-electron chi connectivity index (χ2n) is 6.09. The minimum Gasteiger partial charge on any atom is -0.493 e. The summed E-state index contributed by atoms with van der Waals surface area (Å²) in [6.45, 7) is 0.542. The number of aromatic nitrogens is 2. The molecule has 1 aromatic heterocycles. The zero-order valence-electron chi connectivity index (χ0n) is 13.6. The number of imidazole rings is 1. The first-order chi connectivity index (χ1) is 11.9. The third-order valence-corrected chi connectivity index (χ3v) is 5.24. The van der Waals surface area contributed by atoms with Gasteiger partial charge in [-0.25, -0.2) is 13.4 Å². The Balaban J connectivity index is 1.76. The number of carbonyl (C=O) groups is 1. The van der Waals surface area contributed by atoms with Crippen molar-refractivity contribution in [2.24, 2.45) is 0 Å². The van der Waals surface area contributed by atoms with E-state index in [1.807, 2.05) is 6.07 Å². The van der Waals surface area contributed by atoms with Crippen molar-refractivity contribution < 1.29 is 17.9 Å². The largest absolute Gasteiger partial charge is 0.493 e. The van der Waals surface area contributed by atoms with Gasteiger partial charge in [-0.2, -0.15) is 0 Å². The minimum atomic E-state index is -3.55. The van der Waals surface area contributed by atoms with Gasteiger partial charge in [0.05, 0.1) is 24.2 Å². The first-order valence-corrected chi connectivity index (χ1v) is 9.77. The molecule has 1 aliphatic heterocycles. The van der Waals surface area contributed by atoms with Crippen molar-refractivity contribution in [1.82, 2.24) is 9.55 Å². The van der Waals surface area contributed by atoms with Crippen molar-refractivity contribution in [2.45, 2.75) is 18.1 Å². The molecule has 0 unspecified atom stereocenters. The predicted molar refractivity (Wildman–Crippen MR) is 92.8 cm³/mol. The summed E-state index contributed by atoms with van der Waals surface area (Å²) in [6.07, 6.45) is 1.88. The van der Waals surface area contributed by atoms with Crippen LogP contribution in [0.2, 0.25) is 0 Å². The number of carbonyl (C=O) groups excluding carboxylic acids is 1. The lowest BCUT2D eigenvalue weighted by Gasteiger charge is -2.08. The monoisotopic (exact) mass is 356 g/mol. The van der Waals surface area contributed by atoms with Crippen molar-refractivity contribution >= 4 is 26.7 Å². The highest BCUT2D eigenvalue weighted by Crippen LogP contribution is 2.27. The third-order valence-electron chi connectivity index (χ3n) is 4.26. The van der Waals surface area contributed by atoms with Crippen LogP contribution in [0.3, 0.4) is 0 Å². The molecule has 25 heavy (non-hydrogen) atoms. The zero-order chi connectivity index (χ0) is 17.6. The number of Topliss-reactive ketones (excluding diaryl/α,β-unsaturated/α-hetero) is 1. The van der Waals surface area contributed by atoms with Crippen LogP contribution < -0.4 is 4.74 Å². The third kappa shape index (κ3) is 2.80. The van der Waals surface area contributed by atoms with Crippen molar-refractivity contribution in [3.8, 4) is 5.75 Å². The number of sulfone groups is 1. The van der Waals surface area contributed by atoms with Crippen molar-refractivity contribution in [2.75, 3.05) is 12.9 Å². The zero-order valence-corrected chi connectivity index (χ0v) is 14.4. The Bertz CT molecular complexity index is 1100. The van der Waals surface area contributed by atoms with Gasteiger partial charge in [-0.05, 0) is 35.9 Å². The number of fused-ring (bicyclic) bond motifs is 2. The van der Waals surface area contributed by atoms with Crippen LogP contribution in [0.1, 0.15) is 15.9 Å². The molecule has 0 N–H and O–H groups in total. The lowest BCUT2D eigenvalue weighted by molar-refractivity contribution is 0.0970. The number of benzene rings is 2. The van der Waals surface area contributed by atoms with Gasteiger partial charge < -0.3 is 9.30 Å². The molecule has 0 saturated heterocycles. The number of ketones is 1. The van der Waals surface area contributed by atoms with Gasteiger partial charge in [0.25, 0.3) is 0 Å². The predicted octanol–water partition coefficient (Wildman–Crippen LogP) is 2.26. The molecule has 128 valence electrons. The van der Waals surface area contributed by atoms with Crippen LogP contribution in [0.25, 0.3) is 11.0 Å². The average molecular weight is 356 g/mol. The Morgan fingerprint density at radius 1 is 1.24 bits per heavy atom. The van der Waals surface area contributed by atoms with Gasteiger partial charge >= 0.3 is 0 Å². The summed E-state index contributed by atoms with van der Waals surface area (Å²) in [7, 11) is -3.55. The SMILES string of the molecule is CS(=O)(=O)c1nc2ccccc2n1CC(=O)c1ccc2c(c1)CCO2. The maximum atomic E-state index is 12.8. The van der Waals surface area contributed by atoms with Crippen molar-refractivity contribution in [3.05, 3.63) is 53.6 Å². The Kier molecular flexibility index (Phi) is 3.61. The van der Waals surface area contributed by atoms with Crippen LogP contribution in [0.15, 0.2) is 47.6 Å². The fourth-order valence-corrected chi connectivity index (χ4v) is 3.91. The van der Waals surface area contributed by atoms with Gasteiger partial charge in [-0.1, -0.05) is 12.1 Å². The molecule has 1 aliphatic rings. The molecule has 0 amide bonds. The summed E-state index contributed by atoms with van der Waals surface area (Å²) in [4.78, 5) is 16.9. The van der Waals surface area contributed by atoms with Crippen LogP contribution >= 0.6 is 0 Å². The molecule has 0 saturated carbocycles.